The van der Waals surface area contributed by atoms with E-state index in [0.717, 1.165) is 0 Å². The van der Waals surface area contributed by atoms with Crippen molar-refractivity contribution in [3.63, 3.8) is 0 Å². The summed E-state index contributed by atoms with van der Waals surface area (Å²) in [6.07, 6.45) is -1.49. The summed E-state index contributed by atoms with van der Waals surface area (Å²) < 4.78 is 13.0. The Kier molecular flexibility index (Phi) is 4.61. The molecular formula is Cl3NOP2+2. The van der Waals surface area contributed by atoms with E-state index in [1.54, 1.807) is 0 Å². The van der Waals surface area contributed by atoms with Gasteiger partial charge in [-0.2, -0.15) is 0 Å². The van der Waals surface area contributed by atoms with Crippen molar-refractivity contribution in [2.75, 3.05) is 0 Å². The number of hydrogen-bond donors (Lipinski definition) is 0. The van der Waals surface area contributed by atoms with Gasteiger partial charge < -0.3 is 0 Å². The molecule has 7 heteroatoms. The van der Waals surface area contributed by atoms with Crippen LogP contribution in [0.3, 0.4) is 0 Å². The molecule has 0 saturated carbocycles. The number of nitrogens with zero attached hydrogens (tertiary/aromatic N) is 1. The van der Waals surface area contributed by atoms with Gasteiger partial charge in [-0.1, -0.05) is 0 Å². The molecule has 0 aromatic rings. The van der Waals surface area contributed by atoms with Crippen molar-refractivity contribution in [1.29, 1.82) is 0 Å². The number of rotatable bonds is 1. The summed E-state index contributed by atoms with van der Waals surface area (Å²) in [5, 5.41) is 0. The van der Waals surface area contributed by atoms with Crippen molar-refractivity contribution in [1.82, 2.24) is 0 Å². The Labute approximate surface area is 56.8 Å². The third-order valence-corrected chi connectivity index (χ3v) is 3.07. The van der Waals surface area contributed by atoms with Crippen molar-refractivity contribution in [3.05, 3.63) is 0 Å². The SMILES string of the molecule is O=[P+](Cl)N=[P+](Cl)Cl. The highest BCUT2D eigenvalue weighted by atomic mass is 35.9. The van der Waals surface area contributed by atoms with Gasteiger partial charge in [-0.25, -0.2) is 0 Å². The predicted molar refractivity (Wildman–Crippen MR) is 34.5 cm³/mol. The van der Waals surface area contributed by atoms with Gasteiger partial charge in [-0.05, 0) is 4.57 Å². The Morgan fingerprint density at radius 1 is 1.29 bits per heavy atom. The van der Waals surface area contributed by atoms with Crippen molar-refractivity contribution < 1.29 is 4.57 Å². The molecule has 0 aliphatic carbocycles. The zero-order chi connectivity index (χ0) is 5.86. The summed E-state index contributed by atoms with van der Waals surface area (Å²) in [5.41, 5.74) is 0. The molecule has 0 aromatic carbocycles. The van der Waals surface area contributed by atoms with Gasteiger partial charge in [0, 0.05) is 0 Å². The van der Waals surface area contributed by atoms with Gasteiger partial charge in [-0.3, -0.25) is 0 Å². The first-order valence-electron chi connectivity index (χ1n) is 1.09. The molecule has 40 valence electrons. The van der Waals surface area contributed by atoms with Crippen LogP contribution in [0.15, 0.2) is 4.52 Å². The minimum Gasteiger partial charge on any atom is -0.0135 e. The van der Waals surface area contributed by atoms with E-state index in [0.29, 0.717) is 0 Å². The lowest BCUT2D eigenvalue weighted by Gasteiger charge is -1.42. The summed E-state index contributed by atoms with van der Waals surface area (Å²) in [5.74, 6) is 0. The van der Waals surface area contributed by atoms with Gasteiger partial charge in [0.1, 0.15) is 0 Å². The quantitative estimate of drug-likeness (QED) is 0.588. The molecule has 2 nitrogen and oxygen atoms in total. The molecule has 0 aromatic heterocycles. The molecule has 0 rings (SSSR count). The van der Waals surface area contributed by atoms with E-state index in [-0.39, 0.29) is 0 Å². The smallest absolute Gasteiger partial charge is 0.0135 e. The van der Waals surface area contributed by atoms with E-state index < -0.39 is 13.7 Å². The van der Waals surface area contributed by atoms with Gasteiger partial charge in [-0.15, -0.1) is 0 Å². The molecule has 0 spiro atoms. The number of halogens is 3. The molecule has 1 atom stereocenters. The Balaban J connectivity index is 3.68. The normalized spacial score (nSPS) is 10.4. The maximum atomic E-state index is 9.85. The van der Waals surface area contributed by atoms with E-state index in [9.17, 15) is 4.57 Å². The van der Waals surface area contributed by atoms with Gasteiger partial charge >= 0.3 is 13.7 Å². The summed E-state index contributed by atoms with van der Waals surface area (Å²) >= 11 is 15.0. The Hall–Kier alpha value is 1.07. The first kappa shape index (κ1) is 8.07. The molecule has 1 unspecified atom stereocenters. The number of hydrogen-bond acceptors (Lipinski definition) is 1. The van der Waals surface area contributed by atoms with E-state index >= 15 is 0 Å². The van der Waals surface area contributed by atoms with E-state index in [4.69, 9.17) is 33.7 Å². The van der Waals surface area contributed by atoms with Crippen LogP contribution >= 0.6 is 47.4 Å². The van der Waals surface area contributed by atoms with Crippen molar-refractivity contribution >= 4 is 47.4 Å². The molecule has 0 radical (unpaired) electrons. The third kappa shape index (κ3) is 7.07. The molecule has 0 amide bonds. The van der Waals surface area contributed by atoms with Crippen molar-refractivity contribution in [2.24, 2.45) is 4.52 Å². The average molecular weight is 198 g/mol. The second-order valence-electron chi connectivity index (χ2n) is 0.531. The second kappa shape index (κ2) is 4.00. The minimum absolute atomic E-state index is 1.49. The zero-order valence-corrected chi connectivity index (χ0v) is 6.94. The van der Waals surface area contributed by atoms with Crippen LogP contribution in [0, 0.1) is 0 Å². The fourth-order valence-corrected chi connectivity index (χ4v) is 2.82. The molecule has 0 fully saturated rings. The molecule has 0 aliphatic rings. The van der Waals surface area contributed by atoms with Crippen LogP contribution in [0.4, 0.5) is 0 Å². The van der Waals surface area contributed by atoms with Crippen LogP contribution in [-0.2, 0) is 4.57 Å². The van der Waals surface area contributed by atoms with E-state index in [1.165, 1.54) is 0 Å². The summed E-state index contributed by atoms with van der Waals surface area (Å²) in [7, 11) is -2.03. The monoisotopic (exact) mass is 197 g/mol. The molecule has 0 heterocycles. The Morgan fingerprint density at radius 3 is 1.71 bits per heavy atom. The lowest BCUT2D eigenvalue weighted by atomic mass is 13.9. The molecule has 0 aliphatic heterocycles. The van der Waals surface area contributed by atoms with Crippen molar-refractivity contribution in [2.45, 2.75) is 0 Å². The maximum Gasteiger partial charge on any atom is 0.650 e. The highest BCUT2D eigenvalue weighted by molar-refractivity contribution is 7.99. The Morgan fingerprint density at radius 2 is 1.71 bits per heavy atom. The summed E-state index contributed by atoms with van der Waals surface area (Å²) in [6.45, 7) is 0. The van der Waals surface area contributed by atoms with Gasteiger partial charge in [0.15, 0.2) is 0 Å². The fraction of sp³-hybridized carbons (Fsp3) is 0. The molecular weight excluding hydrogens is 198 g/mol. The van der Waals surface area contributed by atoms with Gasteiger partial charge in [0.05, 0.1) is 0 Å². The molecule has 0 saturated heterocycles. The van der Waals surface area contributed by atoms with E-state index in [2.05, 4.69) is 4.52 Å². The first-order chi connectivity index (χ1) is 3.13. The highest BCUT2D eigenvalue weighted by Gasteiger charge is 2.19. The van der Waals surface area contributed by atoms with Crippen LogP contribution in [0.5, 0.6) is 0 Å². The minimum atomic E-state index is -2.03. The summed E-state index contributed by atoms with van der Waals surface area (Å²) in [6, 6.07) is 0. The van der Waals surface area contributed by atoms with Gasteiger partial charge in [0.2, 0.25) is 38.2 Å². The van der Waals surface area contributed by atoms with Crippen LogP contribution < -0.4 is 0 Å². The van der Waals surface area contributed by atoms with Crippen LogP contribution in [0.2, 0.25) is 0 Å². The molecule has 7 heavy (non-hydrogen) atoms. The topological polar surface area (TPSA) is 29.4 Å². The van der Waals surface area contributed by atoms with Crippen LogP contribution in [0.1, 0.15) is 0 Å². The fourth-order valence-electron chi connectivity index (χ4n) is 0.0532. The van der Waals surface area contributed by atoms with Crippen LogP contribution in [0.25, 0.3) is 0 Å². The second-order valence-corrected chi connectivity index (χ2v) is 5.44. The van der Waals surface area contributed by atoms with Gasteiger partial charge in [0.25, 0.3) is 0 Å². The summed E-state index contributed by atoms with van der Waals surface area (Å²) in [4.78, 5) is 0. The van der Waals surface area contributed by atoms with Crippen molar-refractivity contribution in [3.8, 4) is 0 Å². The maximum absolute atomic E-state index is 9.85. The Bertz CT molecular complexity index is 106. The van der Waals surface area contributed by atoms with E-state index in [1.807, 2.05) is 0 Å². The average Bonchev–Trinajstić information content (AvgIpc) is 1.27. The molecule has 0 N–H and O–H groups in total. The first-order valence-corrected chi connectivity index (χ1v) is 6.31. The molecule has 0 bridgehead atoms. The predicted octanol–water partition coefficient (Wildman–Crippen LogP) is 3.86. The largest absolute Gasteiger partial charge is 0.650 e. The highest BCUT2D eigenvalue weighted by Crippen LogP contribution is 2.46. The lowest BCUT2D eigenvalue weighted by molar-refractivity contribution is 0.597. The zero-order valence-electron chi connectivity index (χ0n) is 2.88. The third-order valence-electron chi connectivity index (χ3n) is 0.138. The standard InChI is InChI=1S/Cl3NOP2/c1-6(2)4-7(3)5/q+2. The van der Waals surface area contributed by atoms with Crippen LogP contribution in [-0.4, -0.2) is 0 Å². The lowest BCUT2D eigenvalue weighted by Crippen LogP contribution is -1.21.